The lowest BCUT2D eigenvalue weighted by atomic mass is 9.54. The molecule has 4 unspecified atom stereocenters. The van der Waals surface area contributed by atoms with Crippen molar-refractivity contribution < 1.29 is 9.47 Å². The van der Waals surface area contributed by atoms with Crippen LogP contribution in [0.3, 0.4) is 0 Å². The van der Waals surface area contributed by atoms with Gasteiger partial charge in [0, 0.05) is 29.5 Å². The average molecular weight is 519 g/mol. The van der Waals surface area contributed by atoms with Crippen molar-refractivity contribution in [3.05, 3.63) is 106 Å². The Balaban J connectivity index is 1.45. The third-order valence-electron chi connectivity index (χ3n) is 9.67. The maximum atomic E-state index is 8.70. The van der Waals surface area contributed by atoms with Gasteiger partial charge < -0.3 is 14.9 Å². The number of hydrogen-bond acceptors (Lipinski definition) is 4. The fourth-order valence-electron chi connectivity index (χ4n) is 7.87. The highest BCUT2D eigenvalue weighted by atomic mass is 16.5. The Bertz CT molecular complexity index is 1450. The van der Waals surface area contributed by atoms with Crippen molar-refractivity contribution in [2.24, 2.45) is 5.92 Å². The van der Waals surface area contributed by atoms with Crippen molar-refractivity contribution in [1.82, 2.24) is 4.90 Å². The lowest BCUT2D eigenvalue weighted by Crippen LogP contribution is -2.51. The minimum absolute atomic E-state index is 0.0874. The summed E-state index contributed by atoms with van der Waals surface area (Å²) in [5.74, 6) is 3.24. The minimum Gasteiger partial charge on any atom is -0.490 e. The van der Waals surface area contributed by atoms with Crippen LogP contribution in [-0.4, -0.2) is 30.3 Å². The first kappa shape index (κ1) is 24.7. The lowest BCUT2D eigenvalue weighted by Gasteiger charge is -2.54. The molecule has 0 saturated carbocycles. The van der Waals surface area contributed by atoms with Gasteiger partial charge in [-0.1, -0.05) is 55.5 Å². The van der Waals surface area contributed by atoms with E-state index in [1.54, 1.807) is 0 Å². The molecule has 4 nitrogen and oxygen atoms in total. The maximum Gasteiger partial charge on any atom is 0.132 e. The SMILES string of the molecule is CC/C=C\C(=N)C1=CC2=C(CC1)C1(c3ccccc3Oc3cc(C4CCCN4C)ccc31)C1CC=CCC1O2. The zero-order valence-electron chi connectivity index (χ0n) is 23.1. The second kappa shape index (κ2) is 9.67. The summed E-state index contributed by atoms with van der Waals surface area (Å²) in [4.78, 5) is 2.47. The molecule has 0 bridgehead atoms. The van der Waals surface area contributed by atoms with E-state index in [4.69, 9.17) is 14.9 Å². The number of ether oxygens (including phenoxy) is 2. The fraction of sp³-hybridized carbons (Fsp3) is 0.400. The van der Waals surface area contributed by atoms with Crippen molar-refractivity contribution in [1.29, 1.82) is 5.41 Å². The van der Waals surface area contributed by atoms with Gasteiger partial charge in [-0.05, 0) is 93.1 Å². The standard InChI is InChI=1S/C35H38N2O2/c1-3-4-12-29(36)23-16-18-27-33(21-23)38-31-14-7-5-10-25(31)35(27)26-11-6-8-15-32(26)39-34-22-24(17-19-28(34)35)30-13-9-20-37(30)2/h4-8,11-12,15,17,19,21-22,25,30-31,36H,3,9-10,13-14,16,18,20H2,1-2H3/b12-4-,36-29?. The van der Waals surface area contributed by atoms with Gasteiger partial charge in [0.05, 0.1) is 11.1 Å². The van der Waals surface area contributed by atoms with Crippen LogP contribution in [-0.2, 0) is 10.2 Å². The largest absolute Gasteiger partial charge is 0.490 e. The number of hydrogen-bond donors (Lipinski definition) is 1. The smallest absolute Gasteiger partial charge is 0.132 e. The summed E-state index contributed by atoms with van der Waals surface area (Å²) in [6.45, 7) is 3.26. The molecule has 0 radical (unpaired) electrons. The van der Waals surface area contributed by atoms with Gasteiger partial charge in [-0.2, -0.15) is 0 Å². The summed E-state index contributed by atoms with van der Waals surface area (Å²) in [6.07, 6.45) is 17.9. The van der Waals surface area contributed by atoms with Crippen molar-refractivity contribution in [2.45, 2.75) is 69.4 Å². The van der Waals surface area contributed by atoms with Crippen LogP contribution < -0.4 is 4.74 Å². The average Bonchev–Trinajstić information content (AvgIpc) is 3.41. The van der Waals surface area contributed by atoms with Gasteiger partial charge in [0.25, 0.3) is 0 Å². The maximum absolute atomic E-state index is 8.70. The van der Waals surface area contributed by atoms with Crippen LogP contribution in [0.15, 0.2) is 89.8 Å². The second-order valence-corrected chi connectivity index (χ2v) is 11.7. The minimum atomic E-state index is -0.309. The van der Waals surface area contributed by atoms with Crippen LogP contribution in [0.1, 0.15) is 74.6 Å². The third-order valence-corrected chi connectivity index (χ3v) is 9.67. The molecule has 200 valence electrons. The molecule has 3 aliphatic heterocycles. The molecule has 1 fully saturated rings. The predicted octanol–water partition coefficient (Wildman–Crippen LogP) is 8.17. The number of rotatable bonds is 4. The van der Waals surface area contributed by atoms with Gasteiger partial charge in [-0.25, -0.2) is 0 Å². The molecule has 1 N–H and O–H groups in total. The van der Waals surface area contributed by atoms with E-state index in [1.807, 2.05) is 6.08 Å². The van der Waals surface area contributed by atoms with Crippen LogP contribution in [0.25, 0.3) is 0 Å². The van der Waals surface area contributed by atoms with Crippen molar-refractivity contribution >= 4 is 5.71 Å². The molecule has 39 heavy (non-hydrogen) atoms. The second-order valence-electron chi connectivity index (χ2n) is 11.7. The molecule has 2 aliphatic carbocycles. The Hall–Kier alpha value is -3.37. The van der Waals surface area contributed by atoms with E-state index in [2.05, 4.69) is 85.6 Å². The summed E-state index contributed by atoms with van der Waals surface area (Å²) in [5.41, 5.74) is 6.62. The summed E-state index contributed by atoms with van der Waals surface area (Å²) in [5, 5.41) is 8.70. The van der Waals surface area contributed by atoms with Gasteiger partial charge in [0.2, 0.25) is 0 Å². The Morgan fingerprint density at radius 1 is 1.08 bits per heavy atom. The van der Waals surface area contributed by atoms with E-state index < -0.39 is 0 Å². The Kier molecular flexibility index (Phi) is 6.12. The highest BCUT2D eigenvalue weighted by Crippen LogP contribution is 2.62. The zero-order chi connectivity index (χ0) is 26.6. The Labute approximate surface area is 232 Å². The van der Waals surface area contributed by atoms with E-state index >= 15 is 0 Å². The molecular weight excluding hydrogens is 480 g/mol. The summed E-state index contributed by atoms with van der Waals surface area (Å²) < 4.78 is 13.6. The molecule has 3 heterocycles. The van der Waals surface area contributed by atoms with Gasteiger partial charge in [0.15, 0.2) is 0 Å². The zero-order valence-corrected chi connectivity index (χ0v) is 23.1. The normalized spacial score (nSPS) is 29.3. The first-order valence-corrected chi connectivity index (χ1v) is 14.7. The first-order chi connectivity index (χ1) is 19.1. The molecular formula is C35H38N2O2. The lowest BCUT2D eigenvalue weighted by molar-refractivity contribution is 0.0157. The van der Waals surface area contributed by atoms with Crippen molar-refractivity contribution in [3.8, 4) is 11.5 Å². The highest BCUT2D eigenvalue weighted by molar-refractivity contribution is 6.06. The van der Waals surface area contributed by atoms with Crippen LogP contribution in [0.5, 0.6) is 11.5 Å². The molecule has 2 aromatic rings. The molecule has 0 amide bonds. The van der Waals surface area contributed by atoms with Gasteiger partial charge in [-0.3, -0.25) is 4.90 Å². The molecule has 2 aromatic carbocycles. The number of likely N-dealkylation sites (tertiary alicyclic amines) is 1. The monoisotopic (exact) mass is 518 g/mol. The Morgan fingerprint density at radius 3 is 2.77 bits per heavy atom. The van der Waals surface area contributed by atoms with Gasteiger partial charge >= 0.3 is 0 Å². The number of fused-ring (bicyclic) bond motifs is 7. The van der Waals surface area contributed by atoms with Crippen LogP contribution in [0, 0.1) is 11.3 Å². The third kappa shape index (κ3) is 3.79. The number of benzene rings is 2. The molecule has 4 atom stereocenters. The van der Waals surface area contributed by atoms with Gasteiger partial charge in [0.1, 0.15) is 23.4 Å². The summed E-state index contributed by atoms with van der Waals surface area (Å²) in [7, 11) is 2.24. The highest BCUT2D eigenvalue weighted by Gasteiger charge is 2.57. The summed E-state index contributed by atoms with van der Waals surface area (Å²) in [6, 6.07) is 16.2. The predicted molar refractivity (Wildman–Crippen MR) is 157 cm³/mol. The van der Waals surface area contributed by atoms with E-state index in [1.165, 1.54) is 35.1 Å². The number of allylic oxidation sites excluding steroid dienone is 6. The number of para-hydroxylation sites is 1. The molecule has 4 heteroatoms. The molecule has 1 spiro atoms. The molecule has 7 rings (SSSR count). The van der Waals surface area contributed by atoms with Crippen molar-refractivity contribution in [3.63, 3.8) is 0 Å². The Morgan fingerprint density at radius 2 is 1.92 bits per heavy atom. The van der Waals surface area contributed by atoms with E-state index in [-0.39, 0.29) is 11.5 Å². The van der Waals surface area contributed by atoms with Crippen LogP contribution >= 0.6 is 0 Å². The fourth-order valence-corrected chi connectivity index (χ4v) is 7.87. The first-order valence-electron chi connectivity index (χ1n) is 14.7. The number of nitrogens with zero attached hydrogens (tertiary/aromatic N) is 1. The van der Waals surface area contributed by atoms with Crippen LogP contribution in [0.4, 0.5) is 0 Å². The van der Waals surface area contributed by atoms with Gasteiger partial charge in [-0.15, -0.1) is 0 Å². The summed E-state index contributed by atoms with van der Waals surface area (Å²) >= 11 is 0. The van der Waals surface area contributed by atoms with E-state index in [0.717, 1.165) is 61.5 Å². The molecule has 1 saturated heterocycles. The topological polar surface area (TPSA) is 45.5 Å². The quantitative estimate of drug-likeness (QED) is 0.328. The number of nitrogens with one attached hydrogen (secondary N) is 1. The van der Waals surface area contributed by atoms with E-state index in [0.29, 0.717) is 17.7 Å². The van der Waals surface area contributed by atoms with Crippen molar-refractivity contribution in [2.75, 3.05) is 13.6 Å². The van der Waals surface area contributed by atoms with Crippen LogP contribution in [0.2, 0.25) is 0 Å². The molecule has 0 aromatic heterocycles. The molecule has 5 aliphatic rings. The van der Waals surface area contributed by atoms with E-state index in [9.17, 15) is 0 Å².